The first-order chi connectivity index (χ1) is 17.4. The lowest BCUT2D eigenvalue weighted by Crippen LogP contribution is -2.42. The molecule has 2 N–H and O–H groups in total. The molecule has 0 saturated carbocycles. The molecule has 36 heavy (non-hydrogen) atoms. The van der Waals surface area contributed by atoms with Crippen LogP contribution in [0, 0.1) is 10.1 Å². The summed E-state index contributed by atoms with van der Waals surface area (Å²) in [4.78, 5) is 35.7. The zero-order chi connectivity index (χ0) is 25.8. The number of nitrogens with one attached hydrogen (secondary N) is 2. The van der Waals surface area contributed by atoms with Crippen molar-refractivity contribution in [3.8, 4) is 0 Å². The van der Waals surface area contributed by atoms with E-state index in [9.17, 15) is 19.7 Å². The average molecular weight is 492 g/mol. The van der Waals surface area contributed by atoms with Gasteiger partial charge in [-0.25, -0.2) is 10.2 Å². The molecule has 1 aromatic heterocycles. The van der Waals surface area contributed by atoms with Gasteiger partial charge in [-0.15, -0.1) is 0 Å². The molecular formula is C24H24N6O6. The quantitative estimate of drug-likeness (QED) is 0.177. The Morgan fingerprint density at radius 3 is 2.31 bits per heavy atom. The monoisotopic (exact) mass is 492 g/mol. The minimum atomic E-state index is -0.784. The number of hydrogen-bond acceptors (Lipinski definition) is 9. The van der Waals surface area contributed by atoms with Gasteiger partial charge in [0.25, 0.3) is 11.6 Å². The molecule has 0 spiro atoms. The maximum absolute atomic E-state index is 11.8. The van der Waals surface area contributed by atoms with Gasteiger partial charge in [0.2, 0.25) is 0 Å². The molecular weight excluding hydrogens is 468 g/mol. The molecule has 0 atom stereocenters. The third-order valence-electron chi connectivity index (χ3n) is 4.76. The second kappa shape index (κ2) is 13.0. The average Bonchev–Trinajstić information content (AvgIpc) is 3.42. The van der Waals surface area contributed by atoms with Crippen LogP contribution in [0.4, 0.5) is 27.5 Å². The van der Waals surface area contributed by atoms with Crippen molar-refractivity contribution >= 4 is 40.8 Å². The predicted octanol–water partition coefficient (Wildman–Crippen LogP) is 4.90. The van der Waals surface area contributed by atoms with Gasteiger partial charge in [0.05, 0.1) is 29.1 Å². The van der Waals surface area contributed by atoms with Crippen molar-refractivity contribution < 1.29 is 23.7 Å². The predicted molar refractivity (Wildman–Crippen MR) is 132 cm³/mol. The van der Waals surface area contributed by atoms with E-state index < -0.39 is 16.9 Å². The van der Waals surface area contributed by atoms with Crippen LogP contribution in [0.15, 0.2) is 87.6 Å². The van der Waals surface area contributed by atoms with Crippen LogP contribution in [0.1, 0.15) is 12.7 Å². The summed E-state index contributed by atoms with van der Waals surface area (Å²) < 4.78 is 10.2. The number of nitro benzene ring substituents is 1. The van der Waals surface area contributed by atoms with Crippen LogP contribution in [-0.4, -0.2) is 36.6 Å². The number of furan rings is 1. The minimum Gasteiger partial charge on any atom is -0.465 e. The number of hydrogen-bond donors (Lipinski definition) is 2. The molecule has 186 valence electrons. The Balaban J connectivity index is 1.42. The van der Waals surface area contributed by atoms with E-state index in [0.717, 1.165) is 5.69 Å². The Hall–Kier alpha value is -5.00. The Kier molecular flexibility index (Phi) is 9.27. The first-order valence-corrected chi connectivity index (χ1v) is 10.9. The summed E-state index contributed by atoms with van der Waals surface area (Å²) in [7, 11) is 0. The molecule has 0 aliphatic rings. The molecule has 12 nitrogen and oxygen atoms in total. The van der Waals surface area contributed by atoms with Gasteiger partial charge < -0.3 is 14.1 Å². The van der Waals surface area contributed by atoms with Gasteiger partial charge in [0.15, 0.2) is 0 Å². The smallest absolute Gasteiger partial charge is 0.426 e. The van der Waals surface area contributed by atoms with Gasteiger partial charge in [-0.3, -0.25) is 20.3 Å². The number of hydrazine groups is 1. The van der Waals surface area contributed by atoms with E-state index >= 15 is 0 Å². The summed E-state index contributed by atoms with van der Waals surface area (Å²) in [6, 6.07) is 16.4. The van der Waals surface area contributed by atoms with Crippen molar-refractivity contribution in [2.75, 3.05) is 24.6 Å². The highest BCUT2D eigenvalue weighted by Gasteiger charge is 2.08. The van der Waals surface area contributed by atoms with Crippen LogP contribution >= 0.6 is 0 Å². The maximum Gasteiger partial charge on any atom is 0.426 e. The zero-order valence-electron chi connectivity index (χ0n) is 19.4. The van der Waals surface area contributed by atoms with E-state index in [4.69, 9.17) is 9.15 Å². The van der Waals surface area contributed by atoms with Crippen molar-refractivity contribution in [1.82, 2.24) is 10.9 Å². The standard InChI is InChI=1S/C24H24N6O6/c1-2-29(15-17-36-24(32)28-27-23(31)14-13-22-4-3-16-35-22)20-9-5-18(6-10-20)25-26-19-7-11-21(12-8-19)30(33)34/h3-14,16H,2,15,17H2,1H3,(H,27,31)(H,28,32). The number of nitro groups is 1. The van der Waals surface area contributed by atoms with Crippen LogP contribution in [0.3, 0.4) is 0 Å². The molecule has 0 unspecified atom stereocenters. The SMILES string of the molecule is CCN(CCOC(=O)NNC(=O)C=Cc1ccco1)c1ccc(N=Nc2ccc([N+](=O)[O-])cc2)cc1. The molecule has 0 fully saturated rings. The summed E-state index contributed by atoms with van der Waals surface area (Å²) in [6.45, 7) is 3.16. The van der Waals surface area contributed by atoms with Crippen LogP contribution in [0.2, 0.25) is 0 Å². The summed E-state index contributed by atoms with van der Waals surface area (Å²) in [5.74, 6) is -0.0303. The van der Waals surface area contributed by atoms with E-state index in [-0.39, 0.29) is 12.3 Å². The van der Waals surface area contributed by atoms with E-state index in [0.29, 0.717) is 30.2 Å². The molecule has 0 aliphatic heterocycles. The van der Waals surface area contributed by atoms with Crippen molar-refractivity contribution in [3.05, 3.63) is 88.9 Å². The normalized spacial score (nSPS) is 10.9. The number of azo groups is 1. The van der Waals surface area contributed by atoms with Gasteiger partial charge >= 0.3 is 6.09 Å². The first-order valence-electron chi connectivity index (χ1n) is 10.9. The summed E-state index contributed by atoms with van der Waals surface area (Å²) in [5, 5.41) is 18.9. The second-order valence-electron chi connectivity index (χ2n) is 7.17. The molecule has 1 heterocycles. The fraction of sp³-hybridized carbons (Fsp3) is 0.167. The molecule has 0 saturated heterocycles. The van der Waals surface area contributed by atoms with E-state index in [1.54, 1.807) is 24.3 Å². The van der Waals surface area contributed by atoms with Crippen molar-refractivity contribution in [3.63, 3.8) is 0 Å². The molecule has 0 radical (unpaired) electrons. The largest absolute Gasteiger partial charge is 0.465 e. The number of ether oxygens (including phenoxy) is 1. The number of carbonyl (C=O) groups is 2. The lowest BCUT2D eigenvalue weighted by molar-refractivity contribution is -0.384. The Morgan fingerprint density at radius 1 is 1.06 bits per heavy atom. The second-order valence-corrected chi connectivity index (χ2v) is 7.17. The fourth-order valence-electron chi connectivity index (χ4n) is 2.94. The van der Waals surface area contributed by atoms with Crippen LogP contribution in [-0.2, 0) is 9.53 Å². The summed E-state index contributed by atoms with van der Waals surface area (Å²) in [6.07, 6.45) is 3.38. The third-order valence-corrected chi connectivity index (χ3v) is 4.76. The first kappa shape index (κ1) is 25.6. The molecule has 2 aromatic carbocycles. The molecule has 3 rings (SSSR count). The highest BCUT2D eigenvalue weighted by molar-refractivity contribution is 5.92. The van der Waals surface area contributed by atoms with Gasteiger partial charge in [-0.2, -0.15) is 10.2 Å². The number of benzene rings is 2. The topological polar surface area (TPSA) is 152 Å². The molecule has 3 aromatic rings. The number of nitrogens with zero attached hydrogens (tertiary/aromatic N) is 4. The van der Waals surface area contributed by atoms with E-state index in [1.807, 2.05) is 24.0 Å². The van der Waals surface area contributed by atoms with Gasteiger partial charge in [-0.05, 0) is 61.5 Å². The Bertz CT molecular complexity index is 1210. The lowest BCUT2D eigenvalue weighted by atomic mass is 10.2. The van der Waals surface area contributed by atoms with Gasteiger partial charge in [0.1, 0.15) is 12.4 Å². The number of anilines is 1. The number of non-ortho nitro benzene ring substituents is 1. The van der Waals surface area contributed by atoms with Crippen molar-refractivity contribution in [1.29, 1.82) is 0 Å². The maximum atomic E-state index is 11.8. The van der Waals surface area contributed by atoms with Crippen LogP contribution in [0.25, 0.3) is 6.08 Å². The Labute approximate surface area is 206 Å². The third kappa shape index (κ3) is 8.09. The van der Waals surface area contributed by atoms with Gasteiger partial charge in [-0.1, -0.05) is 0 Å². The van der Waals surface area contributed by atoms with Crippen LogP contribution in [0.5, 0.6) is 0 Å². The Morgan fingerprint density at radius 2 is 1.72 bits per heavy atom. The molecule has 2 amide bonds. The molecule has 0 bridgehead atoms. The highest BCUT2D eigenvalue weighted by atomic mass is 16.6. The number of rotatable bonds is 10. The number of likely N-dealkylation sites (N-methyl/N-ethyl adjacent to an activating group) is 1. The zero-order valence-corrected chi connectivity index (χ0v) is 19.4. The summed E-state index contributed by atoms with van der Waals surface area (Å²) in [5.41, 5.74) is 6.38. The van der Waals surface area contributed by atoms with E-state index in [1.165, 1.54) is 42.7 Å². The van der Waals surface area contributed by atoms with E-state index in [2.05, 4.69) is 21.1 Å². The van der Waals surface area contributed by atoms with Gasteiger partial charge in [0, 0.05) is 30.4 Å². The number of amides is 2. The minimum absolute atomic E-state index is 0.0116. The molecule has 0 aliphatic carbocycles. The van der Waals surface area contributed by atoms with Crippen molar-refractivity contribution in [2.24, 2.45) is 10.2 Å². The highest BCUT2D eigenvalue weighted by Crippen LogP contribution is 2.23. The van der Waals surface area contributed by atoms with Crippen molar-refractivity contribution in [2.45, 2.75) is 6.92 Å². The fourth-order valence-corrected chi connectivity index (χ4v) is 2.94. The lowest BCUT2D eigenvalue weighted by Gasteiger charge is -2.22. The van der Waals surface area contributed by atoms with Crippen LogP contribution < -0.4 is 15.8 Å². The summed E-state index contributed by atoms with van der Waals surface area (Å²) >= 11 is 0. The molecule has 12 heteroatoms. The number of carbonyl (C=O) groups excluding carboxylic acids is 2.